The molecule has 0 aromatic rings. The van der Waals surface area contributed by atoms with Gasteiger partial charge in [-0.15, -0.1) is 0 Å². The highest BCUT2D eigenvalue weighted by atomic mass is 15.2. The zero-order valence-electron chi connectivity index (χ0n) is 11.2. The van der Waals surface area contributed by atoms with Crippen LogP contribution in [0.1, 0.15) is 45.4 Å². The van der Waals surface area contributed by atoms with Crippen molar-refractivity contribution in [3.63, 3.8) is 0 Å². The number of fused-ring (bicyclic) bond motifs is 2. The molecule has 1 saturated carbocycles. The average molecular weight is 234 g/mol. The van der Waals surface area contributed by atoms with Gasteiger partial charge in [-0.05, 0) is 44.4 Å². The van der Waals surface area contributed by atoms with Crippen molar-refractivity contribution in [3.8, 4) is 0 Å². The topological polar surface area (TPSA) is 6.48 Å². The van der Waals surface area contributed by atoms with Crippen molar-refractivity contribution in [3.05, 3.63) is 12.3 Å². The fraction of sp³-hybridized carbons (Fsp3) is 0.867. The van der Waals surface area contributed by atoms with E-state index in [1.54, 1.807) is 0 Å². The zero-order chi connectivity index (χ0) is 11.8. The summed E-state index contributed by atoms with van der Waals surface area (Å²) in [4.78, 5) is 5.35. The van der Waals surface area contributed by atoms with E-state index in [1.165, 1.54) is 57.4 Å². The Hall–Kier alpha value is -0.500. The lowest BCUT2D eigenvalue weighted by Crippen LogP contribution is -2.47. The Labute approximate surface area is 106 Å². The van der Waals surface area contributed by atoms with Gasteiger partial charge in [0, 0.05) is 37.4 Å². The maximum absolute atomic E-state index is 4.17. The van der Waals surface area contributed by atoms with Crippen molar-refractivity contribution in [2.45, 2.75) is 57.5 Å². The van der Waals surface area contributed by atoms with Crippen LogP contribution < -0.4 is 0 Å². The maximum Gasteiger partial charge on any atom is 0.0189 e. The molecule has 2 heterocycles. The van der Waals surface area contributed by atoms with E-state index in [0.29, 0.717) is 0 Å². The molecular weight excluding hydrogens is 208 g/mol. The van der Waals surface area contributed by atoms with Gasteiger partial charge >= 0.3 is 0 Å². The number of piperidine rings is 2. The molecule has 0 aromatic carbocycles. The van der Waals surface area contributed by atoms with Gasteiger partial charge in [0.05, 0.1) is 0 Å². The molecule has 0 spiro atoms. The molecular formula is C15H26N2. The van der Waals surface area contributed by atoms with E-state index in [1.807, 2.05) is 0 Å². The summed E-state index contributed by atoms with van der Waals surface area (Å²) in [7, 11) is 0. The fourth-order valence-corrected chi connectivity index (χ4v) is 4.15. The van der Waals surface area contributed by atoms with Crippen LogP contribution in [0.5, 0.6) is 0 Å². The number of allylic oxidation sites excluding steroid dienone is 1. The van der Waals surface area contributed by atoms with Crippen LogP contribution in [0, 0.1) is 5.92 Å². The van der Waals surface area contributed by atoms with Gasteiger partial charge in [-0.2, -0.15) is 0 Å². The molecule has 17 heavy (non-hydrogen) atoms. The lowest BCUT2D eigenvalue weighted by molar-refractivity contribution is 0.0943. The Balaban J connectivity index is 1.53. The lowest BCUT2D eigenvalue weighted by Gasteiger charge is -2.41. The van der Waals surface area contributed by atoms with Gasteiger partial charge in [0.1, 0.15) is 0 Å². The normalized spacial score (nSPS) is 34.5. The first kappa shape index (κ1) is 11.6. The first-order valence-corrected chi connectivity index (χ1v) is 7.46. The van der Waals surface area contributed by atoms with Crippen molar-refractivity contribution in [2.24, 2.45) is 5.92 Å². The zero-order valence-corrected chi connectivity index (χ0v) is 11.2. The molecule has 3 fully saturated rings. The predicted octanol–water partition coefficient (Wildman–Crippen LogP) is 2.86. The van der Waals surface area contributed by atoms with Crippen LogP contribution in [0.2, 0.25) is 0 Å². The molecule has 1 aliphatic carbocycles. The first-order chi connectivity index (χ1) is 8.28. The van der Waals surface area contributed by atoms with E-state index in [-0.39, 0.29) is 0 Å². The van der Waals surface area contributed by atoms with E-state index in [2.05, 4.69) is 23.3 Å². The number of rotatable bonds is 3. The van der Waals surface area contributed by atoms with E-state index in [4.69, 9.17) is 0 Å². The summed E-state index contributed by atoms with van der Waals surface area (Å²) >= 11 is 0. The van der Waals surface area contributed by atoms with Crippen LogP contribution in [0.4, 0.5) is 0 Å². The van der Waals surface area contributed by atoms with Crippen LogP contribution in [0.3, 0.4) is 0 Å². The van der Waals surface area contributed by atoms with Crippen molar-refractivity contribution in [2.75, 3.05) is 19.6 Å². The van der Waals surface area contributed by atoms with Gasteiger partial charge in [0.2, 0.25) is 0 Å². The molecule has 0 amide bonds. The molecule has 2 atom stereocenters. The second-order valence-electron chi connectivity index (χ2n) is 6.17. The number of hydrogen-bond acceptors (Lipinski definition) is 2. The largest absolute Gasteiger partial charge is 0.375 e. The lowest BCUT2D eigenvalue weighted by atomic mass is 9.99. The Morgan fingerprint density at radius 3 is 2.41 bits per heavy atom. The molecule has 0 radical (unpaired) electrons. The summed E-state index contributed by atoms with van der Waals surface area (Å²) in [5.41, 5.74) is 1.34. The Morgan fingerprint density at radius 2 is 1.88 bits per heavy atom. The van der Waals surface area contributed by atoms with E-state index >= 15 is 0 Å². The smallest absolute Gasteiger partial charge is 0.0189 e. The van der Waals surface area contributed by atoms with Crippen molar-refractivity contribution in [1.82, 2.24) is 9.80 Å². The van der Waals surface area contributed by atoms with Crippen LogP contribution in [0.15, 0.2) is 12.3 Å². The number of likely N-dealkylation sites (tertiary alicyclic amines) is 2. The maximum atomic E-state index is 4.17. The highest BCUT2D eigenvalue weighted by Crippen LogP contribution is 2.40. The third kappa shape index (κ3) is 2.12. The second-order valence-corrected chi connectivity index (χ2v) is 6.17. The molecule has 0 N–H and O–H groups in total. The van der Waals surface area contributed by atoms with Crippen molar-refractivity contribution >= 4 is 0 Å². The second kappa shape index (κ2) is 4.64. The van der Waals surface area contributed by atoms with E-state index < -0.39 is 0 Å². The molecule has 2 aliphatic heterocycles. The highest BCUT2D eigenvalue weighted by Gasteiger charge is 2.41. The van der Waals surface area contributed by atoms with Crippen LogP contribution in [-0.2, 0) is 0 Å². The highest BCUT2D eigenvalue weighted by molar-refractivity contribution is 4.99. The molecule has 2 bridgehead atoms. The van der Waals surface area contributed by atoms with E-state index in [0.717, 1.165) is 24.4 Å². The summed E-state index contributed by atoms with van der Waals surface area (Å²) < 4.78 is 0. The molecule has 2 nitrogen and oxygen atoms in total. The molecule has 96 valence electrons. The first-order valence-electron chi connectivity index (χ1n) is 7.46. The van der Waals surface area contributed by atoms with E-state index in [9.17, 15) is 0 Å². The minimum atomic E-state index is 0.881. The molecule has 2 saturated heterocycles. The Kier molecular flexibility index (Phi) is 3.16. The summed E-state index contributed by atoms with van der Waals surface area (Å²) in [6.07, 6.45) is 8.32. The monoisotopic (exact) mass is 234 g/mol. The predicted molar refractivity (Wildman–Crippen MR) is 71.9 cm³/mol. The van der Waals surface area contributed by atoms with Gasteiger partial charge < -0.3 is 4.90 Å². The molecule has 0 aromatic heterocycles. The summed E-state index contributed by atoms with van der Waals surface area (Å²) in [6, 6.07) is 1.83. The van der Waals surface area contributed by atoms with Gasteiger partial charge in [0.15, 0.2) is 0 Å². The SMILES string of the molecule is C=C(CC)N1CCC(N2CC3CCC2C3)CC1. The minimum Gasteiger partial charge on any atom is -0.375 e. The number of hydrogen-bond donors (Lipinski definition) is 0. The van der Waals surface area contributed by atoms with Crippen molar-refractivity contribution in [1.29, 1.82) is 0 Å². The standard InChI is InChI=1S/C15H26N2/c1-3-12(2)16-8-6-14(7-9-16)17-11-13-4-5-15(17)10-13/h13-15H,2-11H2,1H3. The quantitative estimate of drug-likeness (QED) is 0.741. The summed E-state index contributed by atoms with van der Waals surface area (Å²) in [5, 5.41) is 0. The third-order valence-corrected chi connectivity index (χ3v) is 5.24. The molecule has 3 aliphatic rings. The van der Waals surface area contributed by atoms with Crippen LogP contribution in [0.25, 0.3) is 0 Å². The van der Waals surface area contributed by atoms with Crippen LogP contribution in [-0.4, -0.2) is 41.5 Å². The Morgan fingerprint density at radius 1 is 1.12 bits per heavy atom. The number of nitrogens with zero attached hydrogens (tertiary/aromatic N) is 2. The van der Waals surface area contributed by atoms with Crippen LogP contribution >= 0.6 is 0 Å². The molecule has 2 heteroatoms. The van der Waals surface area contributed by atoms with Gasteiger partial charge in [-0.1, -0.05) is 13.5 Å². The summed E-state index contributed by atoms with van der Waals surface area (Å²) in [5.74, 6) is 1.05. The minimum absolute atomic E-state index is 0.881. The molecule has 3 rings (SSSR count). The van der Waals surface area contributed by atoms with Gasteiger partial charge in [-0.25, -0.2) is 0 Å². The molecule has 2 unspecified atom stereocenters. The average Bonchev–Trinajstić information content (AvgIpc) is 3.00. The van der Waals surface area contributed by atoms with Gasteiger partial charge in [0.25, 0.3) is 0 Å². The van der Waals surface area contributed by atoms with Gasteiger partial charge in [-0.3, -0.25) is 4.90 Å². The third-order valence-electron chi connectivity index (χ3n) is 5.24. The van der Waals surface area contributed by atoms with Crippen molar-refractivity contribution < 1.29 is 0 Å². The summed E-state index contributed by atoms with van der Waals surface area (Å²) in [6.45, 7) is 10.3. The Bertz CT molecular complexity index is 291. The fourth-order valence-electron chi connectivity index (χ4n) is 4.15.